The highest BCUT2D eigenvalue weighted by atomic mass is 35.5. The van der Waals surface area contributed by atoms with Gasteiger partial charge in [-0.15, -0.1) is 0 Å². The summed E-state index contributed by atoms with van der Waals surface area (Å²) in [7, 11) is 0. The van der Waals surface area contributed by atoms with E-state index in [1.165, 1.54) is 0 Å². The van der Waals surface area contributed by atoms with Crippen molar-refractivity contribution in [1.82, 2.24) is 5.43 Å². The first-order chi connectivity index (χ1) is 10.6. The number of halogens is 1. The summed E-state index contributed by atoms with van der Waals surface area (Å²) in [6.07, 6.45) is 1.64. The minimum Gasteiger partial charge on any atom is -0.374 e. The third kappa shape index (κ3) is 4.60. The van der Waals surface area contributed by atoms with Crippen molar-refractivity contribution in [1.29, 1.82) is 0 Å². The molecule has 0 bridgehead atoms. The van der Waals surface area contributed by atoms with Crippen molar-refractivity contribution in [2.75, 3.05) is 5.32 Å². The molecule has 114 valence electrons. The van der Waals surface area contributed by atoms with E-state index >= 15 is 0 Å². The third-order valence-electron chi connectivity index (χ3n) is 3.17. The van der Waals surface area contributed by atoms with E-state index in [1.54, 1.807) is 25.3 Å². The second-order valence-electron chi connectivity index (χ2n) is 4.97. The maximum atomic E-state index is 12.0. The first-order valence-electron chi connectivity index (χ1n) is 6.97. The number of hydrogen-bond donors (Lipinski definition) is 2. The van der Waals surface area contributed by atoms with Crippen molar-refractivity contribution in [2.45, 2.75) is 19.9 Å². The Bertz CT molecular complexity index is 685. The molecular weight excluding hydrogens is 298 g/mol. The molecule has 0 aromatic heterocycles. The number of nitrogens with zero attached hydrogens (tertiary/aromatic N) is 1. The number of hydrogen-bond acceptors (Lipinski definition) is 3. The van der Waals surface area contributed by atoms with E-state index in [-0.39, 0.29) is 5.91 Å². The van der Waals surface area contributed by atoms with E-state index in [1.807, 2.05) is 43.3 Å². The Morgan fingerprint density at radius 1 is 1.23 bits per heavy atom. The van der Waals surface area contributed by atoms with Crippen LogP contribution in [0.3, 0.4) is 0 Å². The molecule has 2 aromatic rings. The molecule has 2 aromatic carbocycles. The summed E-state index contributed by atoms with van der Waals surface area (Å²) in [6.45, 7) is 3.76. The molecule has 4 nitrogen and oxygen atoms in total. The molecule has 0 saturated heterocycles. The predicted octanol–water partition coefficient (Wildman–Crippen LogP) is 3.60. The SMILES string of the molecule is Cc1ccccc1/C=N/NC(=O)C(C)Nc1cccc(Cl)c1. The second kappa shape index (κ2) is 7.61. The topological polar surface area (TPSA) is 53.5 Å². The maximum Gasteiger partial charge on any atom is 0.262 e. The van der Waals surface area contributed by atoms with Crippen molar-refractivity contribution in [3.8, 4) is 0 Å². The van der Waals surface area contributed by atoms with E-state index < -0.39 is 6.04 Å². The molecule has 1 amide bonds. The first-order valence-corrected chi connectivity index (χ1v) is 7.34. The largest absolute Gasteiger partial charge is 0.374 e. The summed E-state index contributed by atoms with van der Waals surface area (Å²) >= 11 is 5.91. The van der Waals surface area contributed by atoms with Crippen LogP contribution in [0, 0.1) is 6.92 Å². The van der Waals surface area contributed by atoms with Crippen LogP contribution in [0.5, 0.6) is 0 Å². The lowest BCUT2D eigenvalue weighted by molar-refractivity contribution is -0.121. The molecular formula is C17H18ClN3O. The molecule has 2 rings (SSSR count). The fourth-order valence-electron chi connectivity index (χ4n) is 1.89. The van der Waals surface area contributed by atoms with E-state index in [0.29, 0.717) is 5.02 Å². The molecule has 0 radical (unpaired) electrons. The number of carbonyl (C=O) groups is 1. The molecule has 5 heteroatoms. The Kier molecular flexibility index (Phi) is 5.55. The number of aryl methyl sites for hydroxylation is 1. The van der Waals surface area contributed by atoms with Gasteiger partial charge in [-0.3, -0.25) is 4.79 Å². The summed E-state index contributed by atoms with van der Waals surface area (Å²) < 4.78 is 0. The standard InChI is InChI=1S/C17H18ClN3O/c1-12-6-3-4-7-14(12)11-19-21-17(22)13(2)20-16-9-5-8-15(18)10-16/h3-11,13,20H,1-2H3,(H,21,22)/b19-11+. The molecule has 1 unspecified atom stereocenters. The van der Waals surface area contributed by atoms with Gasteiger partial charge in [0.25, 0.3) is 5.91 Å². The zero-order valence-electron chi connectivity index (χ0n) is 12.5. The molecule has 0 fully saturated rings. The minimum absolute atomic E-state index is 0.218. The highest BCUT2D eigenvalue weighted by Gasteiger charge is 2.11. The Labute approximate surface area is 135 Å². The van der Waals surface area contributed by atoms with Crippen LogP contribution in [-0.2, 0) is 4.79 Å². The molecule has 0 aliphatic heterocycles. The second-order valence-corrected chi connectivity index (χ2v) is 5.40. The van der Waals surface area contributed by atoms with Gasteiger partial charge in [0.15, 0.2) is 0 Å². The van der Waals surface area contributed by atoms with Crippen molar-refractivity contribution >= 4 is 29.4 Å². The average molecular weight is 316 g/mol. The zero-order valence-corrected chi connectivity index (χ0v) is 13.3. The summed E-state index contributed by atoms with van der Waals surface area (Å²) in [5.74, 6) is -0.218. The molecule has 0 spiro atoms. The van der Waals surface area contributed by atoms with Crippen LogP contribution in [0.25, 0.3) is 0 Å². The lowest BCUT2D eigenvalue weighted by atomic mass is 10.1. The van der Waals surface area contributed by atoms with Gasteiger partial charge in [-0.2, -0.15) is 5.10 Å². The lowest BCUT2D eigenvalue weighted by Crippen LogP contribution is -2.34. The Balaban J connectivity index is 1.90. The monoisotopic (exact) mass is 315 g/mol. The van der Waals surface area contributed by atoms with Crippen LogP contribution in [-0.4, -0.2) is 18.2 Å². The van der Waals surface area contributed by atoms with Gasteiger partial charge in [-0.25, -0.2) is 5.43 Å². The summed E-state index contributed by atoms with van der Waals surface area (Å²) in [6, 6.07) is 14.6. The molecule has 0 heterocycles. The number of rotatable bonds is 5. The minimum atomic E-state index is -0.424. The quantitative estimate of drug-likeness (QED) is 0.654. The molecule has 0 aliphatic carbocycles. The van der Waals surface area contributed by atoms with Crippen LogP contribution < -0.4 is 10.7 Å². The van der Waals surface area contributed by atoms with Crippen LogP contribution in [0.2, 0.25) is 5.02 Å². The van der Waals surface area contributed by atoms with E-state index in [4.69, 9.17) is 11.6 Å². The number of amides is 1. The summed E-state index contributed by atoms with van der Waals surface area (Å²) in [4.78, 5) is 12.0. The van der Waals surface area contributed by atoms with Gasteiger partial charge in [0.05, 0.1) is 6.21 Å². The first kappa shape index (κ1) is 16.0. The molecule has 0 aliphatic rings. The third-order valence-corrected chi connectivity index (χ3v) is 3.40. The number of anilines is 1. The van der Waals surface area contributed by atoms with Gasteiger partial charge in [-0.05, 0) is 43.2 Å². The van der Waals surface area contributed by atoms with Gasteiger partial charge in [0.2, 0.25) is 0 Å². The number of nitrogens with one attached hydrogen (secondary N) is 2. The van der Waals surface area contributed by atoms with Crippen molar-refractivity contribution < 1.29 is 4.79 Å². The maximum absolute atomic E-state index is 12.0. The number of carbonyl (C=O) groups excluding carboxylic acids is 1. The fourth-order valence-corrected chi connectivity index (χ4v) is 2.08. The van der Waals surface area contributed by atoms with Crippen LogP contribution >= 0.6 is 11.6 Å². The Hall–Kier alpha value is -2.33. The van der Waals surface area contributed by atoms with Gasteiger partial charge >= 0.3 is 0 Å². The van der Waals surface area contributed by atoms with Crippen molar-refractivity contribution in [3.63, 3.8) is 0 Å². The van der Waals surface area contributed by atoms with Crippen LogP contribution in [0.1, 0.15) is 18.1 Å². The summed E-state index contributed by atoms with van der Waals surface area (Å²) in [5, 5.41) is 7.68. The molecule has 2 N–H and O–H groups in total. The predicted molar refractivity (Wildman–Crippen MR) is 91.5 cm³/mol. The Morgan fingerprint density at radius 3 is 2.73 bits per heavy atom. The van der Waals surface area contributed by atoms with Gasteiger partial charge in [0.1, 0.15) is 6.04 Å². The van der Waals surface area contributed by atoms with Crippen molar-refractivity contribution in [3.05, 3.63) is 64.7 Å². The highest BCUT2D eigenvalue weighted by Crippen LogP contribution is 2.15. The van der Waals surface area contributed by atoms with Crippen molar-refractivity contribution in [2.24, 2.45) is 5.10 Å². The molecule has 22 heavy (non-hydrogen) atoms. The number of hydrazone groups is 1. The van der Waals surface area contributed by atoms with E-state index in [0.717, 1.165) is 16.8 Å². The zero-order chi connectivity index (χ0) is 15.9. The van der Waals surface area contributed by atoms with Crippen LogP contribution in [0.15, 0.2) is 53.6 Å². The van der Waals surface area contributed by atoms with Crippen LogP contribution in [0.4, 0.5) is 5.69 Å². The Morgan fingerprint density at radius 2 is 2.00 bits per heavy atom. The van der Waals surface area contributed by atoms with Gasteiger partial charge < -0.3 is 5.32 Å². The normalized spacial score (nSPS) is 12.1. The van der Waals surface area contributed by atoms with E-state index in [9.17, 15) is 4.79 Å². The van der Waals surface area contributed by atoms with E-state index in [2.05, 4.69) is 15.8 Å². The van der Waals surface area contributed by atoms with Gasteiger partial charge in [0, 0.05) is 10.7 Å². The fraction of sp³-hybridized carbons (Fsp3) is 0.176. The smallest absolute Gasteiger partial charge is 0.262 e. The summed E-state index contributed by atoms with van der Waals surface area (Å²) in [5.41, 5.74) is 5.39. The number of benzene rings is 2. The highest BCUT2D eigenvalue weighted by molar-refractivity contribution is 6.30. The molecule has 0 saturated carbocycles. The average Bonchev–Trinajstić information content (AvgIpc) is 2.49. The lowest BCUT2D eigenvalue weighted by Gasteiger charge is -2.13. The van der Waals surface area contributed by atoms with Gasteiger partial charge in [-0.1, -0.05) is 41.9 Å². The molecule has 1 atom stereocenters.